The average Bonchev–Trinajstić information content (AvgIpc) is 2.98. The van der Waals surface area contributed by atoms with Crippen molar-refractivity contribution in [1.29, 1.82) is 0 Å². The number of benzene rings is 4. The summed E-state index contributed by atoms with van der Waals surface area (Å²) < 4.78 is 57.4. The number of halogens is 5. The molecule has 0 saturated heterocycles. The van der Waals surface area contributed by atoms with Gasteiger partial charge in [0.15, 0.2) is 0 Å². The van der Waals surface area contributed by atoms with Crippen LogP contribution in [0.15, 0.2) is 97.1 Å². The number of carbonyl (C=O) groups is 2. The van der Waals surface area contributed by atoms with Gasteiger partial charge >= 0.3 is 12.1 Å². The van der Waals surface area contributed by atoms with Crippen LogP contribution in [0.4, 0.5) is 17.6 Å². The molecule has 0 aliphatic heterocycles. The van der Waals surface area contributed by atoms with Gasteiger partial charge in [-0.15, -0.1) is 0 Å². The fourth-order valence-electron chi connectivity index (χ4n) is 4.31. The highest BCUT2D eigenvalue weighted by atomic mass is 35.5. The molecule has 0 fully saturated rings. The molecule has 43 heavy (non-hydrogen) atoms. The first-order chi connectivity index (χ1) is 20.4. The van der Waals surface area contributed by atoms with Crippen molar-refractivity contribution in [2.24, 2.45) is 0 Å². The van der Waals surface area contributed by atoms with E-state index in [2.05, 4.69) is 5.32 Å². The Balaban J connectivity index is 1.56. The summed E-state index contributed by atoms with van der Waals surface area (Å²) in [5.74, 6) is -2.12. The van der Waals surface area contributed by atoms with E-state index in [-0.39, 0.29) is 29.4 Å². The van der Waals surface area contributed by atoms with Gasteiger partial charge in [-0.2, -0.15) is 13.2 Å². The second-order valence-electron chi connectivity index (χ2n) is 9.53. The Bertz CT molecular complexity index is 1630. The molecule has 0 spiro atoms. The number of alkyl halides is 3. The van der Waals surface area contributed by atoms with Crippen LogP contribution < -0.4 is 5.32 Å². The predicted molar refractivity (Wildman–Crippen MR) is 156 cm³/mol. The normalized spacial score (nSPS) is 12.2. The van der Waals surface area contributed by atoms with Gasteiger partial charge in [0, 0.05) is 6.08 Å². The number of amides is 1. The lowest BCUT2D eigenvalue weighted by molar-refractivity contribution is -0.138. The van der Waals surface area contributed by atoms with Crippen molar-refractivity contribution in [3.05, 3.63) is 125 Å². The smallest absolute Gasteiger partial charge is 0.416 e. The summed E-state index contributed by atoms with van der Waals surface area (Å²) >= 11 is 5.90. The van der Waals surface area contributed by atoms with Gasteiger partial charge in [-0.3, -0.25) is 4.79 Å². The van der Waals surface area contributed by atoms with Crippen LogP contribution in [-0.2, 0) is 22.1 Å². The summed E-state index contributed by atoms with van der Waals surface area (Å²) in [6.07, 6.45) is -1.56. The Morgan fingerprint density at radius 2 is 1.49 bits per heavy atom. The van der Waals surface area contributed by atoms with Crippen LogP contribution in [0.5, 0.6) is 5.75 Å². The van der Waals surface area contributed by atoms with E-state index in [1.165, 1.54) is 54.6 Å². The zero-order valence-electron chi connectivity index (χ0n) is 22.8. The van der Waals surface area contributed by atoms with Gasteiger partial charge < -0.3 is 15.2 Å². The van der Waals surface area contributed by atoms with Gasteiger partial charge in [-0.25, -0.2) is 9.18 Å². The molecule has 1 atom stereocenters. The standard InChI is InChI=1S/C33H26ClF4NO4/c1-2-43-31(41)16-13-26(17-20-3-5-21(6-4-20)24-9-14-29(35)28(34)19-24)39-32(42)27-18-23(10-15-30(27)40)22-7-11-25(12-8-22)33(36,37)38/h3-16,18-19,26,40H,2,17H2,1H3,(H,39,42)/b16-13-/t26-/m0/s1. The summed E-state index contributed by atoms with van der Waals surface area (Å²) in [5.41, 5.74) is 2.23. The first kappa shape index (κ1) is 31.3. The first-order valence-electron chi connectivity index (χ1n) is 13.2. The van der Waals surface area contributed by atoms with Crippen LogP contribution >= 0.6 is 11.6 Å². The molecule has 2 N–H and O–H groups in total. The number of hydrogen-bond acceptors (Lipinski definition) is 4. The van der Waals surface area contributed by atoms with Crippen molar-refractivity contribution >= 4 is 23.5 Å². The number of phenolic OH excluding ortho intramolecular Hbond substituents is 1. The second kappa shape index (κ2) is 13.6. The first-order valence-corrected chi connectivity index (χ1v) is 13.5. The molecule has 4 rings (SSSR count). The van der Waals surface area contributed by atoms with E-state index in [1.54, 1.807) is 13.0 Å². The molecule has 0 bridgehead atoms. The third kappa shape index (κ3) is 8.23. The van der Waals surface area contributed by atoms with E-state index in [0.29, 0.717) is 16.7 Å². The van der Waals surface area contributed by atoms with E-state index in [9.17, 15) is 32.3 Å². The van der Waals surface area contributed by atoms with Crippen molar-refractivity contribution in [3.63, 3.8) is 0 Å². The third-order valence-electron chi connectivity index (χ3n) is 6.52. The molecule has 0 radical (unpaired) electrons. The molecule has 0 aliphatic rings. The summed E-state index contributed by atoms with van der Waals surface area (Å²) in [4.78, 5) is 25.3. The van der Waals surface area contributed by atoms with Crippen molar-refractivity contribution in [2.75, 3.05) is 6.61 Å². The van der Waals surface area contributed by atoms with E-state index in [4.69, 9.17) is 16.3 Å². The summed E-state index contributed by atoms with van der Waals surface area (Å²) in [6, 6.07) is 19.5. The molecule has 0 aromatic heterocycles. The van der Waals surface area contributed by atoms with Crippen molar-refractivity contribution in [2.45, 2.75) is 25.6 Å². The molecule has 0 unspecified atom stereocenters. The largest absolute Gasteiger partial charge is 0.507 e. The van der Waals surface area contributed by atoms with Crippen LogP contribution in [0, 0.1) is 5.82 Å². The summed E-state index contributed by atoms with van der Waals surface area (Å²) in [5, 5.41) is 13.2. The molecule has 0 heterocycles. The lowest BCUT2D eigenvalue weighted by atomic mass is 9.99. The Labute approximate surface area is 250 Å². The van der Waals surface area contributed by atoms with Gasteiger partial charge in [0.05, 0.1) is 28.8 Å². The van der Waals surface area contributed by atoms with Crippen LogP contribution in [0.25, 0.3) is 22.3 Å². The van der Waals surface area contributed by atoms with Gasteiger partial charge in [0.25, 0.3) is 5.91 Å². The number of phenols is 1. The van der Waals surface area contributed by atoms with Crippen LogP contribution in [0.1, 0.15) is 28.4 Å². The number of nitrogens with one attached hydrogen (secondary N) is 1. The molecular formula is C33H26ClF4NO4. The fourth-order valence-corrected chi connectivity index (χ4v) is 4.49. The monoisotopic (exact) mass is 611 g/mol. The maximum Gasteiger partial charge on any atom is 0.416 e. The fraction of sp³-hybridized carbons (Fsp3) is 0.152. The van der Waals surface area contributed by atoms with Crippen LogP contribution in [-0.4, -0.2) is 29.6 Å². The quantitative estimate of drug-likeness (QED) is 0.114. The van der Waals surface area contributed by atoms with E-state index in [1.807, 2.05) is 24.3 Å². The van der Waals surface area contributed by atoms with Crippen LogP contribution in [0.2, 0.25) is 5.02 Å². The van der Waals surface area contributed by atoms with E-state index < -0.39 is 35.5 Å². The molecule has 222 valence electrons. The maximum absolute atomic E-state index is 13.6. The third-order valence-corrected chi connectivity index (χ3v) is 6.81. The van der Waals surface area contributed by atoms with E-state index >= 15 is 0 Å². The van der Waals surface area contributed by atoms with Gasteiger partial charge in [0.1, 0.15) is 11.6 Å². The number of ether oxygens (including phenoxy) is 1. The topological polar surface area (TPSA) is 75.6 Å². The number of hydrogen-bond donors (Lipinski definition) is 2. The van der Waals surface area contributed by atoms with Crippen molar-refractivity contribution in [3.8, 4) is 28.0 Å². The lowest BCUT2D eigenvalue weighted by Gasteiger charge is -2.17. The minimum atomic E-state index is -4.49. The minimum Gasteiger partial charge on any atom is -0.507 e. The molecule has 5 nitrogen and oxygen atoms in total. The number of rotatable bonds is 9. The molecule has 0 saturated carbocycles. The van der Waals surface area contributed by atoms with Crippen LogP contribution in [0.3, 0.4) is 0 Å². The molecule has 10 heteroatoms. The minimum absolute atomic E-state index is 0.000834. The van der Waals surface area contributed by atoms with E-state index in [0.717, 1.165) is 23.3 Å². The van der Waals surface area contributed by atoms with Gasteiger partial charge in [0.2, 0.25) is 0 Å². The summed E-state index contributed by atoms with van der Waals surface area (Å²) in [7, 11) is 0. The van der Waals surface area contributed by atoms with Gasteiger partial charge in [-0.1, -0.05) is 66.2 Å². The zero-order valence-corrected chi connectivity index (χ0v) is 23.5. The lowest BCUT2D eigenvalue weighted by Crippen LogP contribution is -2.35. The highest BCUT2D eigenvalue weighted by Crippen LogP contribution is 2.32. The Kier molecular flexibility index (Phi) is 9.88. The van der Waals surface area contributed by atoms with Gasteiger partial charge in [-0.05, 0) is 77.6 Å². The molecule has 1 amide bonds. The number of aromatic hydroxyl groups is 1. The average molecular weight is 612 g/mol. The predicted octanol–water partition coefficient (Wildman–Crippen LogP) is 8.00. The maximum atomic E-state index is 13.6. The Morgan fingerprint density at radius 1 is 0.907 bits per heavy atom. The second-order valence-corrected chi connectivity index (χ2v) is 9.94. The molecule has 4 aromatic rings. The zero-order chi connectivity index (χ0) is 31.1. The van der Waals surface area contributed by atoms with Crippen molar-refractivity contribution in [1.82, 2.24) is 5.32 Å². The molecular weight excluding hydrogens is 586 g/mol. The summed E-state index contributed by atoms with van der Waals surface area (Å²) in [6.45, 7) is 1.83. The highest BCUT2D eigenvalue weighted by Gasteiger charge is 2.30. The Hall–Kier alpha value is -4.63. The number of esters is 1. The highest BCUT2D eigenvalue weighted by molar-refractivity contribution is 6.31. The molecule has 4 aromatic carbocycles. The SMILES string of the molecule is CCOC(=O)/C=C\[C@@H](Cc1ccc(-c2ccc(F)c(Cl)c2)cc1)NC(=O)c1cc(-c2ccc(C(F)(F)F)cc2)ccc1O. The Morgan fingerprint density at radius 3 is 2.09 bits per heavy atom. The van der Waals surface area contributed by atoms with Crippen molar-refractivity contribution < 1.29 is 37.0 Å². The number of carbonyl (C=O) groups excluding carboxylic acids is 2. The molecule has 0 aliphatic carbocycles.